The monoisotopic (exact) mass is 359 g/mol. The van der Waals surface area contributed by atoms with Crippen molar-refractivity contribution in [3.8, 4) is 5.75 Å². The lowest BCUT2D eigenvalue weighted by Crippen LogP contribution is -2.48. The minimum atomic E-state index is -0.481. The molecule has 4 N–H and O–H groups in total. The lowest BCUT2D eigenvalue weighted by Gasteiger charge is -2.08. The van der Waals surface area contributed by atoms with Gasteiger partial charge in [0.25, 0.3) is 5.91 Å². The fourth-order valence-corrected chi connectivity index (χ4v) is 2.02. The van der Waals surface area contributed by atoms with E-state index < -0.39 is 11.8 Å². The van der Waals surface area contributed by atoms with Gasteiger partial charge < -0.3 is 4.74 Å². The molecule has 0 atom stereocenters. The molecule has 0 fully saturated rings. The van der Waals surface area contributed by atoms with Crippen molar-refractivity contribution in [1.82, 2.24) is 26.4 Å². The highest BCUT2D eigenvalue weighted by atomic mass is 32.1. The number of rotatable bonds is 4. The van der Waals surface area contributed by atoms with Crippen LogP contribution in [0.2, 0.25) is 0 Å². The molecule has 0 saturated carbocycles. The molecule has 0 unspecified atom stereocenters. The van der Waals surface area contributed by atoms with E-state index in [1.165, 1.54) is 6.08 Å². The van der Waals surface area contributed by atoms with E-state index in [1.807, 2.05) is 18.2 Å². The number of amides is 2. The van der Waals surface area contributed by atoms with E-state index in [0.29, 0.717) is 5.75 Å². The van der Waals surface area contributed by atoms with Gasteiger partial charge in [0.15, 0.2) is 10.8 Å². The molecule has 2 aromatic rings. The molecule has 0 aliphatic heterocycles. The summed E-state index contributed by atoms with van der Waals surface area (Å²) < 4.78 is 5.19. The van der Waals surface area contributed by atoms with E-state index in [1.54, 1.807) is 32.2 Å². The maximum absolute atomic E-state index is 11.8. The normalized spacial score (nSPS) is 10.3. The lowest BCUT2D eigenvalue weighted by atomic mass is 10.2. The molecule has 1 heterocycles. The zero-order chi connectivity index (χ0) is 18.2. The number of nitrogens with zero attached hydrogens (tertiary/aromatic N) is 1. The molecule has 0 aliphatic carbocycles. The molecule has 1 aromatic heterocycles. The summed E-state index contributed by atoms with van der Waals surface area (Å²) >= 11 is 4.94. The molecule has 0 bridgehead atoms. The first-order chi connectivity index (χ1) is 12.0. The summed E-state index contributed by atoms with van der Waals surface area (Å²) in [5.41, 5.74) is 6.47. The number of aryl methyl sites for hydroxylation is 1. The van der Waals surface area contributed by atoms with Crippen LogP contribution in [0.25, 0.3) is 6.08 Å². The fraction of sp³-hybridized carbons (Fsp3) is 0.125. The van der Waals surface area contributed by atoms with Crippen LogP contribution in [0.3, 0.4) is 0 Å². The van der Waals surface area contributed by atoms with Gasteiger partial charge in [0.05, 0.1) is 7.11 Å². The van der Waals surface area contributed by atoms with Crippen LogP contribution in [-0.4, -0.2) is 34.2 Å². The summed E-state index contributed by atoms with van der Waals surface area (Å²) in [6, 6.07) is 8.84. The van der Waals surface area contributed by atoms with Gasteiger partial charge in [-0.25, -0.2) is 0 Å². The van der Waals surface area contributed by atoms with E-state index in [9.17, 15) is 9.59 Å². The highest BCUT2D eigenvalue weighted by Crippen LogP contribution is 2.18. The second kappa shape index (κ2) is 8.60. The van der Waals surface area contributed by atoms with Crippen molar-refractivity contribution in [2.45, 2.75) is 6.92 Å². The number of carbonyl (C=O) groups excluding carboxylic acids is 2. The molecule has 0 saturated heterocycles. The number of carbonyl (C=O) groups is 2. The van der Waals surface area contributed by atoms with E-state index >= 15 is 0 Å². The molecule has 0 aliphatic rings. The summed E-state index contributed by atoms with van der Waals surface area (Å²) in [7, 11) is 1.55. The van der Waals surface area contributed by atoms with Crippen molar-refractivity contribution in [3.05, 3.63) is 53.4 Å². The number of para-hydroxylation sites is 1. The molecular weight excluding hydrogens is 342 g/mol. The van der Waals surface area contributed by atoms with Crippen molar-refractivity contribution in [2.75, 3.05) is 7.11 Å². The van der Waals surface area contributed by atoms with Gasteiger partial charge in [-0.1, -0.05) is 18.2 Å². The molecule has 0 spiro atoms. The van der Waals surface area contributed by atoms with E-state index in [0.717, 1.165) is 11.3 Å². The number of thiocarbonyl (C=S) groups is 1. The topological polar surface area (TPSA) is 108 Å². The first-order valence-corrected chi connectivity index (χ1v) is 7.65. The smallest absolute Gasteiger partial charge is 0.290 e. The predicted octanol–water partition coefficient (Wildman–Crippen LogP) is 1.08. The zero-order valence-electron chi connectivity index (χ0n) is 13.6. The molecule has 2 amide bonds. The average molecular weight is 359 g/mol. The van der Waals surface area contributed by atoms with Crippen LogP contribution in [0, 0.1) is 6.92 Å². The quantitative estimate of drug-likeness (QED) is 0.370. The first kappa shape index (κ1) is 18.1. The Balaban J connectivity index is 1.82. The average Bonchev–Trinajstić information content (AvgIpc) is 3.04. The Morgan fingerprint density at radius 1 is 1.28 bits per heavy atom. The van der Waals surface area contributed by atoms with Crippen molar-refractivity contribution < 1.29 is 14.3 Å². The molecule has 1 aromatic carbocycles. The van der Waals surface area contributed by atoms with E-state index in [4.69, 9.17) is 17.0 Å². The third-order valence-corrected chi connectivity index (χ3v) is 3.22. The standard InChI is InChI=1S/C16H17N5O3S/c1-10-9-12(19-18-10)15(23)20-21-16(25)17-14(22)8-7-11-5-3-4-6-13(11)24-2/h3-9H,1-2H3,(H,18,19)(H,20,23)(H2,17,21,22,25). The molecule has 25 heavy (non-hydrogen) atoms. The maximum atomic E-state index is 11.8. The van der Waals surface area contributed by atoms with Crippen molar-refractivity contribution in [2.24, 2.45) is 0 Å². The predicted molar refractivity (Wildman–Crippen MR) is 96.7 cm³/mol. The number of benzene rings is 1. The Bertz CT molecular complexity index is 816. The first-order valence-electron chi connectivity index (χ1n) is 7.24. The van der Waals surface area contributed by atoms with Gasteiger partial charge in [0, 0.05) is 17.3 Å². The number of aromatic amines is 1. The Hall–Kier alpha value is -3.20. The van der Waals surface area contributed by atoms with Gasteiger partial charge in [0.1, 0.15) is 5.75 Å². The summed E-state index contributed by atoms with van der Waals surface area (Å²) in [4.78, 5) is 23.6. The minimum absolute atomic E-state index is 0.0460. The minimum Gasteiger partial charge on any atom is -0.496 e. The number of methoxy groups -OCH3 is 1. The van der Waals surface area contributed by atoms with E-state index in [-0.39, 0.29) is 10.8 Å². The Kier molecular flexibility index (Phi) is 6.24. The highest BCUT2D eigenvalue weighted by Gasteiger charge is 2.09. The lowest BCUT2D eigenvalue weighted by molar-refractivity contribution is -0.115. The van der Waals surface area contributed by atoms with Gasteiger partial charge in [-0.05, 0) is 37.4 Å². The van der Waals surface area contributed by atoms with Gasteiger partial charge in [0.2, 0.25) is 5.91 Å². The number of hydrogen-bond donors (Lipinski definition) is 4. The zero-order valence-corrected chi connectivity index (χ0v) is 14.4. The van der Waals surface area contributed by atoms with Gasteiger partial charge >= 0.3 is 0 Å². The van der Waals surface area contributed by atoms with Gasteiger partial charge in [-0.3, -0.25) is 30.9 Å². The number of H-pyrrole nitrogens is 1. The summed E-state index contributed by atoms with van der Waals surface area (Å²) in [6.45, 7) is 1.77. The Morgan fingerprint density at radius 2 is 2.04 bits per heavy atom. The summed E-state index contributed by atoms with van der Waals surface area (Å²) in [5, 5.41) is 8.82. The highest BCUT2D eigenvalue weighted by molar-refractivity contribution is 7.80. The largest absolute Gasteiger partial charge is 0.496 e. The fourth-order valence-electron chi connectivity index (χ4n) is 1.87. The van der Waals surface area contributed by atoms with Crippen LogP contribution in [0.4, 0.5) is 0 Å². The van der Waals surface area contributed by atoms with Crippen molar-refractivity contribution in [3.63, 3.8) is 0 Å². The van der Waals surface area contributed by atoms with Crippen molar-refractivity contribution in [1.29, 1.82) is 0 Å². The van der Waals surface area contributed by atoms with Crippen LogP contribution in [0.15, 0.2) is 36.4 Å². The van der Waals surface area contributed by atoms with Crippen LogP contribution in [0.1, 0.15) is 21.7 Å². The Labute approximate surface area is 149 Å². The third kappa shape index (κ3) is 5.43. The molecule has 2 rings (SSSR count). The van der Waals surface area contributed by atoms with Gasteiger partial charge in [-0.15, -0.1) is 0 Å². The molecule has 0 radical (unpaired) electrons. The van der Waals surface area contributed by atoms with Gasteiger partial charge in [-0.2, -0.15) is 5.10 Å². The third-order valence-electron chi connectivity index (χ3n) is 3.02. The maximum Gasteiger partial charge on any atom is 0.290 e. The number of ether oxygens (including phenoxy) is 1. The van der Waals surface area contributed by atoms with Crippen LogP contribution in [0.5, 0.6) is 5.75 Å². The van der Waals surface area contributed by atoms with Crippen molar-refractivity contribution >= 4 is 35.2 Å². The number of aromatic nitrogens is 2. The Morgan fingerprint density at radius 3 is 2.72 bits per heavy atom. The number of nitrogens with one attached hydrogen (secondary N) is 4. The molecule has 130 valence electrons. The molecule has 8 nitrogen and oxygen atoms in total. The van der Waals surface area contributed by atoms with Crippen LogP contribution >= 0.6 is 12.2 Å². The van der Waals surface area contributed by atoms with E-state index in [2.05, 4.69) is 26.4 Å². The molecule has 9 heteroatoms. The SMILES string of the molecule is COc1ccccc1C=CC(=O)NC(=S)NNC(=O)c1cc(C)[nH]n1. The van der Waals surface area contributed by atoms with Crippen LogP contribution < -0.4 is 20.9 Å². The second-order valence-electron chi connectivity index (χ2n) is 4.91. The number of hydrogen-bond acceptors (Lipinski definition) is 5. The second-order valence-corrected chi connectivity index (χ2v) is 5.32. The molecular formula is C16H17N5O3S. The summed E-state index contributed by atoms with van der Waals surface area (Å²) in [5.74, 6) is -0.285. The van der Waals surface area contributed by atoms with Crippen LogP contribution in [-0.2, 0) is 4.79 Å². The summed E-state index contributed by atoms with van der Waals surface area (Å²) in [6.07, 6.45) is 2.91. The number of hydrazine groups is 1.